The van der Waals surface area contributed by atoms with Gasteiger partial charge in [-0.3, -0.25) is 5.10 Å². The molecule has 3 N–H and O–H groups in total. The van der Waals surface area contributed by atoms with Crippen LogP contribution in [0.2, 0.25) is 0 Å². The second-order valence-electron chi connectivity index (χ2n) is 5.82. The van der Waals surface area contributed by atoms with Gasteiger partial charge in [-0.2, -0.15) is 5.10 Å². The lowest BCUT2D eigenvalue weighted by Gasteiger charge is -2.04. The predicted molar refractivity (Wildman–Crippen MR) is 95.4 cm³/mol. The molecule has 0 amide bonds. The van der Waals surface area contributed by atoms with Crippen molar-refractivity contribution in [3.8, 4) is 10.7 Å². The molecule has 3 aromatic rings. The number of hydrogen-bond acceptors (Lipinski definition) is 7. The van der Waals surface area contributed by atoms with Crippen LogP contribution in [0.1, 0.15) is 24.5 Å². The molecular weight excluding hydrogens is 379 g/mol. The zero-order valence-corrected chi connectivity index (χ0v) is 15.3. The number of rotatable bonds is 6. The first-order valence-corrected chi connectivity index (χ1v) is 10.1. The Kier molecular flexibility index (Phi) is 4.21. The first-order chi connectivity index (χ1) is 12.5. The molecule has 0 aliphatic heterocycles. The highest BCUT2D eigenvalue weighted by molar-refractivity contribution is 7.91. The Morgan fingerprint density at radius 3 is 2.88 bits per heavy atom. The average Bonchev–Trinajstić information content (AvgIpc) is 3.16. The van der Waals surface area contributed by atoms with Crippen molar-refractivity contribution in [3.63, 3.8) is 0 Å². The fourth-order valence-corrected chi connectivity index (χ4v) is 4.47. The molecule has 1 saturated carbocycles. The lowest BCUT2D eigenvalue weighted by molar-refractivity contribution is 0.590. The van der Waals surface area contributed by atoms with Crippen LogP contribution in [0.15, 0.2) is 28.6 Å². The highest BCUT2D eigenvalue weighted by Gasteiger charge is 2.25. The normalized spacial score (nSPS) is 14.5. The van der Waals surface area contributed by atoms with Gasteiger partial charge in [-0.1, -0.05) is 0 Å². The maximum Gasteiger partial charge on any atom is 0.249 e. The van der Waals surface area contributed by atoms with Crippen LogP contribution < -0.4 is 10.0 Å². The minimum absolute atomic E-state index is 0.0183. The van der Waals surface area contributed by atoms with Gasteiger partial charge in [0.2, 0.25) is 10.0 Å². The molecule has 136 valence electrons. The van der Waals surface area contributed by atoms with E-state index < -0.39 is 15.8 Å². The number of halogens is 1. The molecule has 1 fully saturated rings. The van der Waals surface area contributed by atoms with Crippen LogP contribution in [0.3, 0.4) is 0 Å². The van der Waals surface area contributed by atoms with Gasteiger partial charge in [0.1, 0.15) is 4.21 Å². The Morgan fingerprint density at radius 2 is 2.15 bits per heavy atom. The number of anilines is 2. The Morgan fingerprint density at radius 1 is 1.35 bits per heavy atom. The van der Waals surface area contributed by atoms with E-state index in [0.29, 0.717) is 16.6 Å². The predicted octanol–water partition coefficient (Wildman–Crippen LogP) is 2.60. The van der Waals surface area contributed by atoms with E-state index in [-0.39, 0.29) is 15.9 Å². The third kappa shape index (κ3) is 3.32. The fourth-order valence-electron chi connectivity index (χ4n) is 2.38. The van der Waals surface area contributed by atoms with Crippen molar-refractivity contribution in [1.82, 2.24) is 24.9 Å². The molecule has 26 heavy (non-hydrogen) atoms. The first kappa shape index (κ1) is 17.1. The minimum Gasteiger partial charge on any atom is -0.321 e. The van der Waals surface area contributed by atoms with Gasteiger partial charge >= 0.3 is 0 Å². The smallest absolute Gasteiger partial charge is 0.249 e. The van der Waals surface area contributed by atoms with Crippen molar-refractivity contribution >= 4 is 33.0 Å². The summed E-state index contributed by atoms with van der Waals surface area (Å²) >= 11 is 1.01. The summed E-state index contributed by atoms with van der Waals surface area (Å²) in [4.78, 5) is 8.65. The largest absolute Gasteiger partial charge is 0.321 e. The van der Waals surface area contributed by atoms with Crippen LogP contribution in [-0.2, 0) is 10.0 Å². The van der Waals surface area contributed by atoms with E-state index in [1.54, 1.807) is 6.07 Å². The van der Waals surface area contributed by atoms with Gasteiger partial charge in [0.25, 0.3) is 0 Å². The molecule has 0 unspecified atom stereocenters. The standard InChI is InChI=1S/C15H15FN6O2S2/c1-17-26(23,24)13-5-4-11(25-13)15-18-7-9(16)14(20-15)19-12-6-10(21-22-12)8-2-3-8/h4-8,17H,2-3H2,1H3,(H2,18,19,20,21,22). The Hall–Kier alpha value is -2.37. The van der Waals surface area contributed by atoms with E-state index in [0.717, 1.165) is 36.1 Å². The van der Waals surface area contributed by atoms with Crippen molar-refractivity contribution in [3.05, 3.63) is 35.9 Å². The lowest BCUT2D eigenvalue weighted by Crippen LogP contribution is -2.17. The van der Waals surface area contributed by atoms with Crippen molar-refractivity contribution in [2.75, 3.05) is 12.4 Å². The zero-order chi connectivity index (χ0) is 18.3. The average molecular weight is 394 g/mol. The van der Waals surface area contributed by atoms with E-state index in [1.807, 2.05) is 6.07 Å². The molecule has 3 heterocycles. The first-order valence-electron chi connectivity index (χ1n) is 7.85. The SMILES string of the molecule is CNS(=O)(=O)c1ccc(-c2ncc(F)c(Nc3cc(C4CC4)[nH]n3)n2)s1. The van der Waals surface area contributed by atoms with Crippen LogP contribution in [0.5, 0.6) is 0 Å². The minimum atomic E-state index is -3.54. The zero-order valence-electron chi connectivity index (χ0n) is 13.7. The summed E-state index contributed by atoms with van der Waals surface area (Å²) in [7, 11) is -2.20. The van der Waals surface area contributed by atoms with E-state index in [2.05, 4.69) is 30.2 Å². The van der Waals surface area contributed by atoms with E-state index in [4.69, 9.17) is 0 Å². The quantitative estimate of drug-likeness (QED) is 0.592. The second kappa shape index (κ2) is 6.41. The van der Waals surface area contributed by atoms with Gasteiger partial charge in [-0.25, -0.2) is 27.5 Å². The molecule has 1 aliphatic rings. The van der Waals surface area contributed by atoms with E-state index >= 15 is 0 Å². The van der Waals surface area contributed by atoms with Crippen LogP contribution in [0.4, 0.5) is 16.0 Å². The fraction of sp³-hybridized carbons (Fsp3) is 0.267. The van der Waals surface area contributed by atoms with Gasteiger partial charge in [0.15, 0.2) is 23.3 Å². The number of H-pyrrole nitrogens is 1. The lowest BCUT2D eigenvalue weighted by atomic mass is 10.3. The number of sulfonamides is 1. The van der Waals surface area contributed by atoms with Gasteiger partial charge in [0, 0.05) is 17.7 Å². The van der Waals surface area contributed by atoms with E-state index in [9.17, 15) is 12.8 Å². The molecule has 0 aromatic carbocycles. The molecule has 11 heteroatoms. The Balaban J connectivity index is 1.61. The highest BCUT2D eigenvalue weighted by atomic mass is 32.2. The number of aromatic amines is 1. The summed E-state index contributed by atoms with van der Waals surface area (Å²) in [6, 6.07) is 4.88. The van der Waals surface area contributed by atoms with E-state index in [1.165, 1.54) is 13.1 Å². The second-order valence-corrected chi connectivity index (χ2v) is 9.02. The number of nitrogens with zero attached hydrogens (tertiary/aromatic N) is 3. The summed E-state index contributed by atoms with van der Waals surface area (Å²) in [6.07, 6.45) is 3.30. The third-order valence-electron chi connectivity index (χ3n) is 3.94. The summed E-state index contributed by atoms with van der Waals surface area (Å²) in [5.74, 6) is 0.566. The monoisotopic (exact) mass is 394 g/mol. The molecule has 1 aliphatic carbocycles. The summed E-state index contributed by atoms with van der Waals surface area (Å²) in [5.41, 5.74) is 1.02. The summed E-state index contributed by atoms with van der Waals surface area (Å²) in [5, 5.41) is 9.88. The van der Waals surface area contributed by atoms with Crippen LogP contribution in [-0.4, -0.2) is 35.6 Å². The maximum atomic E-state index is 14.1. The van der Waals surface area contributed by atoms with Crippen molar-refractivity contribution in [1.29, 1.82) is 0 Å². The molecule has 4 rings (SSSR count). The van der Waals surface area contributed by atoms with Crippen molar-refractivity contribution < 1.29 is 12.8 Å². The number of nitrogens with one attached hydrogen (secondary N) is 3. The molecule has 0 atom stereocenters. The van der Waals surface area contributed by atoms with Gasteiger partial charge in [0.05, 0.1) is 11.1 Å². The number of aromatic nitrogens is 4. The molecule has 0 bridgehead atoms. The number of thiophene rings is 1. The van der Waals surface area contributed by atoms with Crippen LogP contribution in [0, 0.1) is 5.82 Å². The molecule has 8 nitrogen and oxygen atoms in total. The molecule has 3 aromatic heterocycles. The van der Waals surface area contributed by atoms with Crippen molar-refractivity contribution in [2.45, 2.75) is 23.0 Å². The maximum absolute atomic E-state index is 14.1. The summed E-state index contributed by atoms with van der Waals surface area (Å²) < 4.78 is 40.1. The third-order valence-corrected chi connectivity index (χ3v) is 6.93. The van der Waals surface area contributed by atoms with Gasteiger partial charge < -0.3 is 5.32 Å². The number of hydrogen-bond donors (Lipinski definition) is 3. The summed E-state index contributed by atoms with van der Waals surface area (Å²) in [6.45, 7) is 0. The molecular formula is C15H15FN6O2S2. The molecule has 0 spiro atoms. The van der Waals surface area contributed by atoms with Gasteiger partial charge in [-0.15, -0.1) is 11.3 Å². The molecule has 0 radical (unpaired) electrons. The topological polar surface area (TPSA) is 113 Å². The van der Waals surface area contributed by atoms with Crippen molar-refractivity contribution in [2.24, 2.45) is 0 Å². The Bertz CT molecular complexity index is 1060. The van der Waals surface area contributed by atoms with Gasteiger partial charge in [-0.05, 0) is 32.0 Å². The van der Waals surface area contributed by atoms with Crippen LogP contribution >= 0.6 is 11.3 Å². The Labute approximate surface area is 153 Å². The molecule has 0 saturated heterocycles. The highest BCUT2D eigenvalue weighted by Crippen LogP contribution is 2.39. The van der Waals surface area contributed by atoms with Crippen LogP contribution in [0.25, 0.3) is 10.7 Å².